The van der Waals surface area contributed by atoms with E-state index in [1.54, 1.807) is 0 Å². The van der Waals surface area contributed by atoms with Gasteiger partial charge in [0, 0.05) is 6.54 Å². The Kier molecular flexibility index (Phi) is 3.75. The Morgan fingerprint density at radius 2 is 1.89 bits per heavy atom. The van der Waals surface area contributed by atoms with Crippen molar-refractivity contribution < 1.29 is 14.3 Å². The lowest BCUT2D eigenvalue weighted by atomic mass is 10.1. The van der Waals surface area contributed by atoms with Crippen molar-refractivity contribution in [2.24, 2.45) is 5.92 Å². The number of amides is 1. The summed E-state index contributed by atoms with van der Waals surface area (Å²) in [5, 5.41) is 2.87. The zero-order valence-corrected chi connectivity index (χ0v) is 11.0. The maximum atomic E-state index is 12.0. The lowest BCUT2D eigenvalue weighted by Gasteiger charge is -2.31. The molecule has 1 aromatic carbocycles. The highest BCUT2D eigenvalue weighted by Gasteiger charge is 2.33. The van der Waals surface area contributed by atoms with Gasteiger partial charge in [-0.05, 0) is 25.0 Å². The molecule has 4 heteroatoms. The molecule has 0 spiro atoms. The van der Waals surface area contributed by atoms with E-state index in [-0.39, 0.29) is 12.0 Å². The topological polar surface area (TPSA) is 47.6 Å². The van der Waals surface area contributed by atoms with Gasteiger partial charge in [-0.2, -0.15) is 0 Å². The first kappa shape index (κ1) is 12.7. The Bertz CT molecular complexity index is 431. The zero-order chi connectivity index (χ0) is 13.1. The normalized spacial score (nSPS) is 21.8. The molecule has 0 aromatic heterocycles. The molecule has 1 N–H and O–H groups in total. The van der Waals surface area contributed by atoms with E-state index in [4.69, 9.17) is 9.47 Å². The number of hydrogen-bond donors (Lipinski definition) is 1. The summed E-state index contributed by atoms with van der Waals surface area (Å²) in [6, 6.07) is 7.40. The Morgan fingerprint density at radius 3 is 2.50 bits per heavy atom. The maximum Gasteiger partial charge on any atom is 0.265 e. The largest absolute Gasteiger partial charge is 0.482 e. The summed E-state index contributed by atoms with van der Waals surface area (Å²) in [5.74, 6) is 1.62. The van der Waals surface area contributed by atoms with E-state index < -0.39 is 6.10 Å². The summed E-state index contributed by atoms with van der Waals surface area (Å²) >= 11 is 0. The van der Waals surface area contributed by atoms with Crippen LogP contribution in [-0.2, 0) is 4.79 Å². The van der Waals surface area contributed by atoms with Gasteiger partial charge < -0.3 is 14.8 Å². The molecule has 0 saturated heterocycles. The fourth-order valence-corrected chi connectivity index (χ4v) is 1.81. The molecule has 18 heavy (non-hydrogen) atoms. The van der Waals surface area contributed by atoms with E-state index in [0.717, 1.165) is 0 Å². The first-order chi connectivity index (χ1) is 8.58. The molecule has 1 amide bonds. The van der Waals surface area contributed by atoms with Gasteiger partial charge in [-0.15, -0.1) is 0 Å². The van der Waals surface area contributed by atoms with Crippen molar-refractivity contribution in [1.82, 2.24) is 5.32 Å². The minimum absolute atomic E-state index is 0.120. The lowest BCUT2D eigenvalue weighted by molar-refractivity contribution is -0.133. The molecular weight excluding hydrogens is 230 g/mol. The number of carbonyl (C=O) groups is 1. The minimum atomic E-state index is -0.585. The predicted octanol–water partition coefficient (Wildman–Crippen LogP) is 1.99. The van der Waals surface area contributed by atoms with Gasteiger partial charge in [-0.3, -0.25) is 4.79 Å². The van der Waals surface area contributed by atoms with Crippen LogP contribution in [-0.4, -0.2) is 24.7 Å². The quantitative estimate of drug-likeness (QED) is 0.891. The highest BCUT2D eigenvalue weighted by molar-refractivity contribution is 5.82. The van der Waals surface area contributed by atoms with Crippen LogP contribution >= 0.6 is 0 Å². The molecule has 1 heterocycles. The molecule has 1 aromatic rings. The molecule has 0 aliphatic carbocycles. The van der Waals surface area contributed by atoms with Crippen LogP contribution in [0.1, 0.15) is 20.8 Å². The number of benzene rings is 1. The number of para-hydroxylation sites is 2. The summed E-state index contributed by atoms with van der Waals surface area (Å²) in [6.07, 6.45) is -0.870. The van der Waals surface area contributed by atoms with Gasteiger partial charge in [0.15, 0.2) is 11.5 Å². The predicted molar refractivity (Wildman–Crippen MR) is 68.8 cm³/mol. The summed E-state index contributed by atoms with van der Waals surface area (Å²) in [4.78, 5) is 12.0. The Hall–Kier alpha value is -1.71. The van der Waals surface area contributed by atoms with E-state index in [2.05, 4.69) is 19.2 Å². The van der Waals surface area contributed by atoms with Crippen LogP contribution in [0, 0.1) is 5.92 Å². The Labute approximate surface area is 107 Å². The smallest absolute Gasteiger partial charge is 0.265 e. The van der Waals surface area contributed by atoms with E-state index >= 15 is 0 Å². The van der Waals surface area contributed by atoms with E-state index in [1.165, 1.54) is 0 Å². The van der Waals surface area contributed by atoms with Gasteiger partial charge in [0.05, 0.1) is 0 Å². The zero-order valence-electron chi connectivity index (χ0n) is 11.0. The van der Waals surface area contributed by atoms with Crippen LogP contribution in [0.15, 0.2) is 24.3 Å². The van der Waals surface area contributed by atoms with Crippen molar-refractivity contribution in [2.45, 2.75) is 33.0 Å². The fourth-order valence-electron chi connectivity index (χ4n) is 1.81. The third-order valence-electron chi connectivity index (χ3n) is 2.79. The molecular formula is C14H19NO3. The molecule has 98 valence electrons. The monoisotopic (exact) mass is 249 g/mol. The van der Waals surface area contributed by atoms with Crippen LogP contribution < -0.4 is 14.8 Å². The Morgan fingerprint density at radius 1 is 1.28 bits per heavy atom. The third-order valence-corrected chi connectivity index (χ3v) is 2.79. The van der Waals surface area contributed by atoms with E-state index in [1.807, 2.05) is 31.2 Å². The van der Waals surface area contributed by atoms with Gasteiger partial charge in [0.2, 0.25) is 6.10 Å². The standard InChI is InChI=1S/C14H19NO3/c1-9(2)8-15-14(16)13-10(3)17-11-6-4-5-7-12(11)18-13/h4-7,9-10,13H,8H2,1-3H3,(H,15,16)/t10-,13-/m1/s1. The van der Waals surface area contributed by atoms with Crippen molar-refractivity contribution in [2.75, 3.05) is 6.54 Å². The summed E-state index contributed by atoms with van der Waals surface area (Å²) in [7, 11) is 0. The van der Waals surface area contributed by atoms with Crippen molar-refractivity contribution in [3.63, 3.8) is 0 Å². The molecule has 1 aliphatic rings. The minimum Gasteiger partial charge on any atom is -0.482 e. The number of carbonyl (C=O) groups excluding carboxylic acids is 1. The second-order valence-electron chi connectivity index (χ2n) is 4.95. The number of nitrogens with one attached hydrogen (secondary N) is 1. The van der Waals surface area contributed by atoms with Crippen LogP contribution in [0.25, 0.3) is 0 Å². The molecule has 0 bridgehead atoms. The van der Waals surface area contributed by atoms with Gasteiger partial charge in [-0.25, -0.2) is 0 Å². The molecule has 2 rings (SSSR count). The van der Waals surface area contributed by atoms with Crippen LogP contribution in [0.5, 0.6) is 11.5 Å². The second kappa shape index (κ2) is 5.29. The highest BCUT2D eigenvalue weighted by atomic mass is 16.6. The number of ether oxygens (including phenoxy) is 2. The fraction of sp³-hybridized carbons (Fsp3) is 0.500. The third kappa shape index (κ3) is 2.75. The van der Waals surface area contributed by atoms with Gasteiger partial charge in [0.25, 0.3) is 5.91 Å². The molecule has 0 fully saturated rings. The Balaban J connectivity index is 2.05. The van der Waals surface area contributed by atoms with Crippen molar-refractivity contribution >= 4 is 5.91 Å². The average molecular weight is 249 g/mol. The molecule has 4 nitrogen and oxygen atoms in total. The van der Waals surface area contributed by atoms with Crippen LogP contribution in [0.2, 0.25) is 0 Å². The summed E-state index contributed by atoms with van der Waals surface area (Å²) in [5.41, 5.74) is 0. The molecule has 2 atom stereocenters. The van der Waals surface area contributed by atoms with Gasteiger partial charge in [0.1, 0.15) is 6.10 Å². The van der Waals surface area contributed by atoms with Crippen molar-refractivity contribution in [3.05, 3.63) is 24.3 Å². The van der Waals surface area contributed by atoms with Crippen LogP contribution in [0.4, 0.5) is 0 Å². The first-order valence-corrected chi connectivity index (χ1v) is 6.28. The van der Waals surface area contributed by atoms with Crippen molar-refractivity contribution in [3.8, 4) is 11.5 Å². The van der Waals surface area contributed by atoms with Gasteiger partial charge >= 0.3 is 0 Å². The summed E-state index contributed by atoms with van der Waals surface area (Å²) in [6.45, 7) is 6.59. The maximum absolute atomic E-state index is 12.0. The number of hydrogen-bond acceptors (Lipinski definition) is 3. The first-order valence-electron chi connectivity index (χ1n) is 6.28. The SMILES string of the molecule is CC(C)CNC(=O)[C@@H]1Oc2ccccc2O[C@@H]1C. The number of fused-ring (bicyclic) bond motifs is 1. The lowest BCUT2D eigenvalue weighted by Crippen LogP contribution is -2.49. The summed E-state index contributed by atoms with van der Waals surface area (Å²) < 4.78 is 11.4. The van der Waals surface area contributed by atoms with Gasteiger partial charge in [-0.1, -0.05) is 26.0 Å². The molecule has 1 aliphatic heterocycles. The highest BCUT2D eigenvalue weighted by Crippen LogP contribution is 2.33. The second-order valence-corrected chi connectivity index (χ2v) is 4.95. The number of rotatable bonds is 3. The molecule has 0 unspecified atom stereocenters. The molecule has 0 saturated carbocycles. The van der Waals surface area contributed by atoms with E-state index in [0.29, 0.717) is 24.0 Å². The molecule has 0 radical (unpaired) electrons. The van der Waals surface area contributed by atoms with E-state index in [9.17, 15) is 4.79 Å². The average Bonchev–Trinajstić information content (AvgIpc) is 2.35. The van der Waals surface area contributed by atoms with Crippen LogP contribution in [0.3, 0.4) is 0 Å². The van der Waals surface area contributed by atoms with Crippen molar-refractivity contribution in [1.29, 1.82) is 0 Å².